The average Bonchev–Trinajstić information content (AvgIpc) is 3.21. The number of aromatic nitrogens is 1. The van der Waals surface area contributed by atoms with Gasteiger partial charge in [0.15, 0.2) is 6.10 Å². The van der Waals surface area contributed by atoms with Gasteiger partial charge in [-0.2, -0.15) is 0 Å². The lowest BCUT2D eigenvalue weighted by Crippen LogP contribution is -2.38. The molecule has 0 spiro atoms. The van der Waals surface area contributed by atoms with Gasteiger partial charge >= 0.3 is 5.97 Å². The summed E-state index contributed by atoms with van der Waals surface area (Å²) >= 11 is 1.32. The molecule has 3 aromatic rings. The van der Waals surface area contributed by atoms with Gasteiger partial charge in [-0.25, -0.2) is 4.98 Å². The molecule has 0 saturated carbocycles. The normalized spacial score (nSPS) is 14.7. The van der Waals surface area contributed by atoms with E-state index in [1.165, 1.54) is 11.3 Å². The topological polar surface area (TPSA) is 107 Å². The third kappa shape index (κ3) is 5.50. The fourth-order valence-corrected chi connectivity index (χ4v) is 3.84. The molecule has 1 aromatic heterocycles. The first kappa shape index (κ1) is 21.5. The summed E-state index contributed by atoms with van der Waals surface area (Å²) in [6, 6.07) is 14.5. The minimum Gasteiger partial charge on any atom is -0.478 e. The first-order chi connectivity index (χ1) is 15.5. The second kappa shape index (κ2) is 9.61. The van der Waals surface area contributed by atoms with E-state index in [0.717, 1.165) is 11.3 Å². The van der Waals surface area contributed by atoms with Crippen molar-refractivity contribution < 1.29 is 23.9 Å². The number of amides is 2. The second-order valence-corrected chi connectivity index (χ2v) is 8.22. The summed E-state index contributed by atoms with van der Waals surface area (Å²) in [5, 5.41) is 7.89. The SMILES string of the molecule is Cc1ccc(NC(=O)Cc2nc(COC(=O)CC3Oc4ccccc4NC3=O)cs2)cc1. The van der Waals surface area contributed by atoms with Gasteiger partial charge < -0.3 is 20.1 Å². The number of hydrogen-bond donors (Lipinski definition) is 2. The number of nitrogens with zero attached hydrogens (tertiary/aromatic N) is 1. The highest BCUT2D eigenvalue weighted by Crippen LogP contribution is 2.29. The largest absolute Gasteiger partial charge is 0.478 e. The Bertz CT molecular complexity index is 1140. The van der Waals surface area contributed by atoms with E-state index in [1.807, 2.05) is 31.2 Å². The van der Waals surface area contributed by atoms with Gasteiger partial charge in [0.25, 0.3) is 5.91 Å². The first-order valence-corrected chi connectivity index (χ1v) is 10.9. The quantitative estimate of drug-likeness (QED) is 0.533. The van der Waals surface area contributed by atoms with Gasteiger partial charge in [0.05, 0.1) is 24.2 Å². The molecule has 2 N–H and O–H groups in total. The molecular weight excluding hydrogens is 430 g/mol. The summed E-state index contributed by atoms with van der Waals surface area (Å²) < 4.78 is 10.8. The average molecular weight is 452 g/mol. The zero-order chi connectivity index (χ0) is 22.5. The fraction of sp³-hybridized carbons (Fsp3) is 0.217. The molecule has 2 aromatic carbocycles. The predicted molar refractivity (Wildman–Crippen MR) is 120 cm³/mol. The molecule has 2 heterocycles. The number of ether oxygens (including phenoxy) is 2. The Balaban J connectivity index is 1.24. The highest BCUT2D eigenvalue weighted by atomic mass is 32.1. The molecule has 1 aliphatic heterocycles. The van der Waals surface area contributed by atoms with Crippen molar-refractivity contribution in [1.29, 1.82) is 0 Å². The molecule has 32 heavy (non-hydrogen) atoms. The molecule has 0 saturated heterocycles. The van der Waals surface area contributed by atoms with E-state index in [4.69, 9.17) is 9.47 Å². The molecule has 164 valence electrons. The van der Waals surface area contributed by atoms with Gasteiger partial charge in [-0.05, 0) is 31.2 Å². The Morgan fingerprint density at radius 1 is 1.19 bits per heavy atom. The summed E-state index contributed by atoms with van der Waals surface area (Å²) in [6.45, 7) is 1.94. The van der Waals surface area contributed by atoms with Gasteiger partial charge in [-0.15, -0.1) is 11.3 Å². The number of aryl methyl sites for hydroxylation is 1. The Morgan fingerprint density at radius 3 is 2.78 bits per heavy atom. The number of nitrogens with one attached hydrogen (secondary N) is 2. The summed E-state index contributed by atoms with van der Waals surface area (Å²) in [4.78, 5) is 40.9. The van der Waals surface area contributed by atoms with Crippen LogP contribution in [-0.4, -0.2) is 28.9 Å². The van der Waals surface area contributed by atoms with E-state index in [-0.39, 0.29) is 25.4 Å². The smallest absolute Gasteiger partial charge is 0.310 e. The summed E-state index contributed by atoms with van der Waals surface area (Å²) in [5.41, 5.74) is 2.95. The predicted octanol–water partition coefficient (Wildman–Crippen LogP) is 3.47. The van der Waals surface area contributed by atoms with Gasteiger partial charge in [0, 0.05) is 11.1 Å². The number of anilines is 2. The second-order valence-electron chi connectivity index (χ2n) is 7.28. The van der Waals surface area contributed by atoms with Crippen molar-refractivity contribution in [3.05, 3.63) is 70.2 Å². The molecule has 0 radical (unpaired) electrons. The monoisotopic (exact) mass is 451 g/mol. The Labute approximate surface area is 188 Å². The van der Waals surface area contributed by atoms with Crippen molar-refractivity contribution in [2.24, 2.45) is 0 Å². The molecule has 9 heteroatoms. The zero-order valence-electron chi connectivity index (χ0n) is 17.3. The van der Waals surface area contributed by atoms with Crippen LogP contribution in [0.4, 0.5) is 11.4 Å². The number of rotatable bonds is 7. The zero-order valence-corrected chi connectivity index (χ0v) is 18.1. The van der Waals surface area contributed by atoms with Crippen molar-refractivity contribution in [2.75, 3.05) is 10.6 Å². The Hall–Kier alpha value is -3.72. The van der Waals surface area contributed by atoms with Crippen molar-refractivity contribution in [3.63, 3.8) is 0 Å². The van der Waals surface area contributed by atoms with Crippen LogP contribution in [-0.2, 0) is 32.1 Å². The third-order valence-corrected chi connectivity index (χ3v) is 5.58. The van der Waals surface area contributed by atoms with Crippen molar-refractivity contribution in [2.45, 2.75) is 32.5 Å². The molecule has 0 aliphatic carbocycles. The van der Waals surface area contributed by atoms with E-state index >= 15 is 0 Å². The number of thiazole rings is 1. The molecule has 1 unspecified atom stereocenters. The maximum atomic E-state index is 12.2. The molecule has 1 aliphatic rings. The Morgan fingerprint density at radius 2 is 1.97 bits per heavy atom. The molecule has 0 bridgehead atoms. The van der Waals surface area contributed by atoms with E-state index < -0.39 is 18.0 Å². The van der Waals surface area contributed by atoms with E-state index in [0.29, 0.717) is 22.1 Å². The van der Waals surface area contributed by atoms with Crippen LogP contribution in [0.15, 0.2) is 53.9 Å². The lowest BCUT2D eigenvalue weighted by Gasteiger charge is -2.25. The summed E-state index contributed by atoms with van der Waals surface area (Å²) in [5.74, 6) is -0.627. The summed E-state index contributed by atoms with van der Waals surface area (Å²) in [7, 11) is 0. The highest BCUT2D eigenvalue weighted by molar-refractivity contribution is 7.09. The van der Waals surface area contributed by atoms with Gasteiger partial charge in [-0.1, -0.05) is 29.8 Å². The number of carbonyl (C=O) groups excluding carboxylic acids is 3. The minimum atomic E-state index is -0.950. The highest BCUT2D eigenvalue weighted by Gasteiger charge is 2.30. The van der Waals surface area contributed by atoms with E-state index in [1.54, 1.807) is 29.6 Å². The Kier molecular flexibility index (Phi) is 6.46. The lowest BCUT2D eigenvalue weighted by molar-refractivity contribution is -0.149. The number of fused-ring (bicyclic) bond motifs is 1. The van der Waals surface area contributed by atoms with Crippen molar-refractivity contribution in [1.82, 2.24) is 4.98 Å². The van der Waals surface area contributed by atoms with Crippen LogP contribution in [0.1, 0.15) is 22.7 Å². The standard InChI is InChI=1S/C23H21N3O5S/c1-14-6-8-15(9-7-14)24-20(27)11-21-25-16(13-32-21)12-30-22(28)10-19-23(29)26-17-4-2-3-5-18(17)31-19/h2-9,13,19H,10-12H2,1H3,(H,24,27)(H,26,29). The van der Waals surface area contributed by atoms with Crippen LogP contribution < -0.4 is 15.4 Å². The van der Waals surface area contributed by atoms with Gasteiger partial charge in [0.2, 0.25) is 5.91 Å². The molecule has 2 amide bonds. The first-order valence-electron chi connectivity index (χ1n) is 9.98. The van der Waals surface area contributed by atoms with Crippen molar-refractivity contribution >= 4 is 40.5 Å². The number of esters is 1. The lowest BCUT2D eigenvalue weighted by atomic mass is 10.1. The molecule has 4 rings (SSSR count). The fourth-order valence-electron chi connectivity index (χ4n) is 3.07. The number of hydrogen-bond acceptors (Lipinski definition) is 7. The van der Waals surface area contributed by atoms with Crippen LogP contribution in [0.3, 0.4) is 0 Å². The maximum absolute atomic E-state index is 12.2. The molecular formula is C23H21N3O5S. The molecule has 1 atom stereocenters. The van der Waals surface area contributed by atoms with Crippen LogP contribution in [0.5, 0.6) is 5.75 Å². The number of benzene rings is 2. The third-order valence-electron chi connectivity index (χ3n) is 4.69. The summed E-state index contributed by atoms with van der Waals surface area (Å²) in [6.07, 6.45) is -1.04. The van der Waals surface area contributed by atoms with Gasteiger partial charge in [-0.3, -0.25) is 14.4 Å². The molecule has 0 fully saturated rings. The minimum absolute atomic E-state index is 0.0418. The van der Waals surface area contributed by atoms with Crippen LogP contribution >= 0.6 is 11.3 Å². The van der Waals surface area contributed by atoms with Crippen LogP contribution in [0.25, 0.3) is 0 Å². The molecule has 8 nitrogen and oxygen atoms in total. The maximum Gasteiger partial charge on any atom is 0.310 e. The van der Waals surface area contributed by atoms with Crippen LogP contribution in [0.2, 0.25) is 0 Å². The van der Waals surface area contributed by atoms with Gasteiger partial charge in [0.1, 0.15) is 17.4 Å². The number of para-hydroxylation sites is 2. The van der Waals surface area contributed by atoms with E-state index in [2.05, 4.69) is 15.6 Å². The van der Waals surface area contributed by atoms with Crippen LogP contribution in [0, 0.1) is 6.92 Å². The van der Waals surface area contributed by atoms with Crippen molar-refractivity contribution in [3.8, 4) is 5.75 Å². The number of carbonyl (C=O) groups is 3. The van der Waals surface area contributed by atoms with E-state index in [9.17, 15) is 14.4 Å².